The molecule has 4 aliphatic carbocycles. The third kappa shape index (κ3) is 2.76. The van der Waals surface area contributed by atoms with Crippen LogP contribution in [0.25, 0.3) is 11.1 Å². The lowest BCUT2D eigenvalue weighted by Gasteiger charge is -2.57. The van der Waals surface area contributed by atoms with Gasteiger partial charge in [-0.2, -0.15) is 5.26 Å². The molecule has 2 aromatic rings. The molecule has 1 aromatic heterocycles. The maximum absolute atomic E-state index is 12.0. The Morgan fingerprint density at radius 2 is 1.69 bits per heavy atom. The molecule has 0 amide bonds. The monoisotopic (exact) mass is 406 g/mol. The van der Waals surface area contributed by atoms with E-state index in [9.17, 15) is 15.2 Å². The summed E-state index contributed by atoms with van der Waals surface area (Å²) in [6.45, 7) is 0. The van der Waals surface area contributed by atoms with Gasteiger partial charge in [-0.25, -0.2) is 4.79 Å². The number of carbonyl (C=O) groups is 1. The summed E-state index contributed by atoms with van der Waals surface area (Å²) >= 11 is 1.41. The van der Waals surface area contributed by atoms with E-state index in [4.69, 9.17) is 0 Å². The van der Waals surface area contributed by atoms with Gasteiger partial charge in [0.25, 0.3) is 0 Å². The van der Waals surface area contributed by atoms with Gasteiger partial charge < -0.3 is 9.67 Å². The molecule has 5 heteroatoms. The summed E-state index contributed by atoms with van der Waals surface area (Å²) in [5.74, 6) is 1.68. The number of benzene rings is 1. The van der Waals surface area contributed by atoms with Crippen molar-refractivity contribution in [3.63, 3.8) is 0 Å². The molecule has 1 heterocycles. The Hall–Kier alpha value is -2.19. The highest BCUT2D eigenvalue weighted by atomic mass is 32.2. The number of rotatable bonds is 4. The van der Waals surface area contributed by atoms with E-state index < -0.39 is 5.97 Å². The molecule has 6 rings (SSSR count). The number of aromatic carboxylic acids is 1. The van der Waals surface area contributed by atoms with Crippen LogP contribution in [-0.2, 0) is 12.5 Å². The van der Waals surface area contributed by atoms with Crippen LogP contribution in [-0.4, -0.2) is 21.9 Å². The molecule has 29 heavy (non-hydrogen) atoms. The topological polar surface area (TPSA) is 66.0 Å². The zero-order chi connectivity index (χ0) is 20.3. The number of carboxylic acid groups (broad SMARTS) is 1. The maximum Gasteiger partial charge on any atom is 0.353 e. The molecular weight excluding hydrogens is 380 g/mol. The molecule has 0 saturated heterocycles. The van der Waals surface area contributed by atoms with Crippen molar-refractivity contribution < 1.29 is 9.90 Å². The van der Waals surface area contributed by atoms with Crippen molar-refractivity contribution in [2.75, 3.05) is 6.26 Å². The van der Waals surface area contributed by atoms with E-state index in [1.807, 2.05) is 18.4 Å². The molecule has 0 spiro atoms. The summed E-state index contributed by atoms with van der Waals surface area (Å²) in [7, 11) is 1.73. The average Bonchev–Trinajstić information content (AvgIpc) is 2.98. The van der Waals surface area contributed by atoms with Gasteiger partial charge in [0.15, 0.2) is 0 Å². The van der Waals surface area contributed by atoms with Crippen LogP contribution in [0.5, 0.6) is 0 Å². The fourth-order valence-electron chi connectivity index (χ4n) is 6.99. The molecule has 4 fully saturated rings. The molecule has 4 saturated carbocycles. The predicted octanol–water partition coefficient (Wildman–Crippen LogP) is 5.45. The number of hydrogen-bond acceptors (Lipinski definition) is 3. The Kier molecular flexibility index (Phi) is 4.33. The molecule has 0 radical (unpaired) electrons. The third-order valence-electron chi connectivity index (χ3n) is 7.67. The second-order valence-electron chi connectivity index (χ2n) is 9.36. The summed E-state index contributed by atoms with van der Waals surface area (Å²) in [6, 6.07) is 10.8. The smallest absolute Gasteiger partial charge is 0.353 e. The first-order chi connectivity index (χ1) is 14.0. The quantitative estimate of drug-likeness (QED) is 0.686. The van der Waals surface area contributed by atoms with Crippen molar-refractivity contribution >= 4 is 17.7 Å². The molecule has 0 atom stereocenters. The summed E-state index contributed by atoms with van der Waals surface area (Å²) in [5, 5.41) is 20.3. The number of carboxylic acids is 1. The Morgan fingerprint density at radius 1 is 1.14 bits per heavy atom. The van der Waals surface area contributed by atoms with Gasteiger partial charge in [-0.05, 0) is 79.1 Å². The number of hydrogen-bond donors (Lipinski definition) is 1. The lowest BCUT2D eigenvalue weighted by molar-refractivity contribution is -0.00518. The zero-order valence-electron chi connectivity index (χ0n) is 16.9. The van der Waals surface area contributed by atoms with Gasteiger partial charge in [-0.1, -0.05) is 24.3 Å². The van der Waals surface area contributed by atoms with Crippen LogP contribution in [0.2, 0.25) is 0 Å². The van der Waals surface area contributed by atoms with Crippen LogP contribution < -0.4 is 0 Å². The highest BCUT2D eigenvalue weighted by Crippen LogP contribution is 2.60. The number of aromatic nitrogens is 1. The molecule has 4 bridgehead atoms. The highest BCUT2D eigenvalue weighted by Gasteiger charge is 2.51. The predicted molar refractivity (Wildman–Crippen MR) is 114 cm³/mol. The van der Waals surface area contributed by atoms with Crippen LogP contribution >= 0.6 is 11.8 Å². The first-order valence-electron chi connectivity index (χ1n) is 10.5. The zero-order valence-corrected chi connectivity index (χ0v) is 17.8. The van der Waals surface area contributed by atoms with Crippen LogP contribution in [0, 0.1) is 29.1 Å². The van der Waals surface area contributed by atoms with Crippen molar-refractivity contribution in [2.24, 2.45) is 24.8 Å². The summed E-state index contributed by atoms with van der Waals surface area (Å²) in [6.07, 6.45) is 10.1. The fraction of sp³-hybridized carbons (Fsp3) is 0.500. The summed E-state index contributed by atoms with van der Waals surface area (Å²) in [5.41, 5.74) is 3.75. The number of thioether (sulfide) groups is 1. The molecular formula is C24H26N2O2S. The van der Waals surface area contributed by atoms with E-state index in [0.717, 1.165) is 23.3 Å². The van der Waals surface area contributed by atoms with E-state index in [1.165, 1.54) is 55.9 Å². The van der Waals surface area contributed by atoms with Gasteiger partial charge in [-0.15, -0.1) is 11.8 Å². The Morgan fingerprint density at radius 3 is 2.14 bits per heavy atom. The van der Waals surface area contributed by atoms with E-state index in [2.05, 4.69) is 18.2 Å². The Labute approximate surface area is 175 Å². The lowest BCUT2D eigenvalue weighted by atomic mass is 9.48. The second kappa shape index (κ2) is 6.67. The molecule has 4 aliphatic rings. The minimum absolute atomic E-state index is 0.188. The molecule has 1 aromatic carbocycles. The van der Waals surface area contributed by atoms with E-state index >= 15 is 0 Å². The summed E-state index contributed by atoms with van der Waals surface area (Å²) in [4.78, 5) is 12.0. The largest absolute Gasteiger partial charge is 0.477 e. The van der Waals surface area contributed by atoms with Gasteiger partial charge in [0.1, 0.15) is 11.8 Å². The van der Waals surface area contributed by atoms with Gasteiger partial charge in [0, 0.05) is 12.6 Å². The molecule has 0 aliphatic heterocycles. The van der Waals surface area contributed by atoms with E-state index in [0.29, 0.717) is 21.6 Å². The van der Waals surface area contributed by atoms with Gasteiger partial charge >= 0.3 is 5.97 Å². The van der Waals surface area contributed by atoms with Gasteiger partial charge in [0.2, 0.25) is 0 Å². The Balaban J connectivity index is 1.57. The van der Waals surface area contributed by atoms with Gasteiger partial charge in [0.05, 0.1) is 10.6 Å². The maximum atomic E-state index is 12.0. The van der Waals surface area contributed by atoms with Crippen molar-refractivity contribution in [1.29, 1.82) is 5.26 Å². The van der Waals surface area contributed by atoms with Crippen molar-refractivity contribution in [3.05, 3.63) is 41.1 Å². The minimum Gasteiger partial charge on any atom is -0.477 e. The SMILES string of the molecule is CSc1c(C#N)c(-c2ccc(C34CC5CC(CC(C5)C3)C4)cc2)c(C(=O)O)n1C. The first-order valence-corrected chi connectivity index (χ1v) is 11.7. The molecule has 4 nitrogen and oxygen atoms in total. The van der Waals surface area contributed by atoms with E-state index in [1.54, 1.807) is 11.6 Å². The summed E-state index contributed by atoms with van der Waals surface area (Å²) < 4.78 is 1.63. The van der Waals surface area contributed by atoms with Crippen LogP contribution in [0.1, 0.15) is 60.1 Å². The van der Waals surface area contributed by atoms with Crippen LogP contribution in [0.3, 0.4) is 0 Å². The lowest BCUT2D eigenvalue weighted by Crippen LogP contribution is -2.48. The standard InChI is InChI=1S/C24H26N2O2S/c1-26-21(23(27)28)20(19(13-25)22(26)29-2)17-3-5-18(6-4-17)24-10-14-7-15(11-24)9-16(8-14)12-24/h3-6,14-16H,7-12H2,1-2H3,(H,27,28). The number of nitriles is 1. The van der Waals surface area contributed by atoms with Crippen molar-refractivity contribution in [1.82, 2.24) is 4.57 Å². The molecule has 0 unspecified atom stereocenters. The molecule has 1 N–H and O–H groups in total. The first kappa shape index (κ1) is 18.8. The second-order valence-corrected chi connectivity index (χ2v) is 10.2. The van der Waals surface area contributed by atoms with Crippen molar-refractivity contribution in [3.8, 4) is 17.2 Å². The molecule has 150 valence electrons. The van der Waals surface area contributed by atoms with Gasteiger partial charge in [-0.3, -0.25) is 0 Å². The highest BCUT2D eigenvalue weighted by molar-refractivity contribution is 7.98. The fourth-order valence-corrected chi connectivity index (χ4v) is 7.71. The number of nitrogens with zero attached hydrogens (tertiary/aromatic N) is 2. The Bertz CT molecular complexity index is 993. The third-order valence-corrected chi connectivity index (χ3v) is 8.54. The van der Waals surface area contributed by atoms with Crippen LogP contribution in [0.4, 0.5) is 0 Å². The van der Waals surface area contributed by atoms with Crippen LogP contribution in [0.15, 0.2) is 29.3 Å². The average molecular weight is 407 g/mol. The van der Waals surface area contributed by atoms with Crippen molar-refractivity contribution in [2.45, 2.75) is 49.0 Å². The van der Waals surface area contributed by atoms with E-state index in [-0.39, 0.29) is 5.69 Å². The normalized spacial score (nSPS) is 29.8. The minimum atomic E-state index is -0.996.